The van der Waals surface area contributed by atoms with E-state index in [1.807, 2.05) is 31.2 Å². The summed E-state index contributed by atoms with van der Waals surface area (Å²) < 4.78 is 15.5. The molecule has 152 valence electrons. The number of carbonyl (C=O) groups is 2. The van der Waals surface area contributed by atoms with Crippen molar-refractivity contribution < 1.29 is 23.8 Å². The maximum atomic E-state index is 12.7. The number of ether oxygens (including phenoxy) is 3. The predicted octanol–water partition coefficient (Wildman–Crippen LogP) is 2.99. The highest BCUT2D eigenvalue weighted by Crippen LogP contribution is 2.39. The van der Waals surface area contributed by atoms with Gasteiger partial charge in [-0.2, -0.15) is 5.26 Å². The Morgan fingerprint density at radius 3 is 2.41 bits per heavy atom. The van der Waals surface area contributed by atoms with Gasteiger partial charge in [-0.15, -0.1) is 0 Å². The largest absolute Gasteiger partial charge is 0.459 e. The minimum atomic E-state index is -0.737. The van der Waals surface area contributed by atoms with Gasteiger partial charge >= 0.3 is 11.9 Å². The number of nitrogens with zero attached hydrogens (tertiary/aromatic N) is 1. The van der Waals surface area contributed by atoms with Gasteiger partial charge in [-0.25, -0.2) is 9.59 Å². The molecule has 7 heteroatoms. The number of carbonyl (C=O) groups excluding carboxylic acids is 2. The van der Waals surface area contributed by atoms with Gasteiger partial charge in [0.05, 0.1) is 17.6 Å². The summed E-state index contributed by atoms with van der Waals surface area (Å²) in [6.45, 7) is 8.36. The fourth-order valence-corrected chi connectivity index (χ4v) is 2.88. The van der Waals surface area contributed by atoms with Gasteiger partial charge < -0.3 is 19.9 Å². The van der Waals surface area contributed by atoms with Crippen molar-refractivity contribution in [3.8, 4) is 6.07 Å². The molecule has 0 unspecified atom stereocenters. The molecule has 1 aliphatic heterocycles. The van der Waals surface area contributed by atoms with Crippen molar-refractivity contribution in [2.75, 3.05) is 13.2 Å². The van der Waals surface area contributed by atoms with Crippen LogP contribution in [-0.2, 0) is 30.2 Å². The topological polar surface area (TPSA) is 112 Å². The highest BCUT2D eigenvalue weighted by atomic mass is 16.6. The first-order valence-electron chi connectivity index (χ1n) is 9.17. The van der Waals surface area contributed by atoms with Crippen LogP contribution >= 0.6 is 0 Å². The lowest BCUT2D eigenvalue weighted by Crippen LogP contribution is -2.27. The van der Waals surface area contributed by atoms with Crippen LogP contribution in [0.25, 0.3) is 0 Å². The lowest BCUT2D eigenvalue weighted by atomic mass is 9.83. The van der Waals surface area contributed by atoms with Crippen LogP contribution in [-0.4, -0.2) is 25.2 Å². The van der Waals surface area contributed by atoms with E-state index in [9.17, 15) is 14.9 Å². The second-order valence-electron chi connectivity index (χ2n) is 6.54. The van der Waals surface area contributed by atoms with Crippen molar-refractivity contribution in [1.82, 2.24) is 0 Å². The lowest BCUT2D eigenvalue weighted by molar-refractivity contribution is -0.147. The minimum Gasteiger partial charge on any atom is -0.459 e. The van der Waals surface area contributed by atoms with E-state index in [-0.39, 0.29) is 35.8 Å². The summed E-state index contributed by atoms with van der Waals surface area (Å²) in [5.74, 6) is -1.79. The van der Waals surface area contributed by atoms with Gasteiger partial charge in [0.1, 0.15) is 24.5 Å². The molecule has 0 spiro atoms. The standard InChI is InChI=1S/C22H24N2O5/c1-5-15-6-8-16(9-7-15)18-17(12-23)14(4)29-20(24)19(18)22(26)28-11-10-27-21(25)13(2)3/h6-9,18H,2,5,10-11,24H2,1,3-4H3/t18-/m0/s1. The molecule has 1 aliphatic rings. The molecule has 0 aliphatic carbocycles. The number of nitrogens with two attached hydrogens (primary N) is 1. The van der Waals surface area contributed by atoms with E-state index in [4.69, 9.17) is 19.9 Å². The van der Waals surface area contributed by atoms with E-state index in [1.165, 1.54) is 6.92 Å². The summed E-state index contributed by atoms with van der Waals surface area (Å²) in [6, 6.07) is 9.69. The fraction of sp³-hybridized carbons (Fsp3) is 0.318. The number of rotatable bonds is 7. The Morgan fingerprint density at radius 2 is 1.86 bits per heavy atom. The summed E-state index contributed by atoms with van der Waals surface area (Å²) in [6.07, 6.45) is 0.865. The molecule has 2 N–H and O–H groups in total. The highest BCUT2D eigenvalue weighted by Gasteiger charge is 2.36. The van der Waals surface area contributed by atoms with Crippen molar-refractivity contribution in [2.45, 2.75) is 33.1 Å². The van der Waals surface area contributed by atoms with Crippen LogP contribution in [0.5, 0.6) is 0 Å². The first-order chi connectivity index (χ1) is 13.8. The van der Waals surface area contributed by atoms with Crippen LogP contribution in [0, 0.1) is 11.3 Å². The van der Waals surface area contributed by atoms with Gasteiger partial charge in [0, 0.05) is 5.57 Å². The van der Waals surface area contributed by atoms with Crippen LogP contribution in [0.2, 0.25) is 0 Å². The van der Waals surface area contributed by atoms with E-state index in [1.54, 1.807) is 6.92 Å². The van der Waals surface area contributed by atoms with Crippen molar-refractivity contribution in [2.24, 2.45) is 5.73 Å². The Hall–Kier alpha value is -3.53. The third-order valence-corrected chi connectivity index (χ3v) is 4.44. The van der Waals surface area contributed by atoms with Crippen molar-refractivity contribution >= 4 is 11.9 Å². The number of aryl methyl sites for hydroxylation is 1. The average Bonchev–Trinajstić information content (AvgIpc) is 2.70. The zero-order valence-corrected chi connectivity index (χ0v) is 16.8. The van der Waals surface area contributed by atoms with Crippen molar-refractivity contribution in [3.63, 3.8) is 0 Å². The monoisotopic (exact) mass is 396 g/mol. The number of hydrogen-bond acceptors (Lipinski definition) is 7. The molecule has 1 atom stereocenters. The quantitative estimate of drug-likeness (QED) is 0.428. The molecule has 0 fully saturated rings. The second kappa shape index (κ2) is 9.60. The van der Waals surface area contributed by atoms with Gasteiger partial charge in [0.2, 0.25) is 5.88 Å². The molecule has 0 radical (unpaired) electrons. The van der Waals surface area contributed by atoms with E-state index in [0.29, 0.717) is 5.76 Å². The molecule has 7 nitrogen and oxygen atoms in total. The SMILES string of the molecule is C=C(C)C(=O)OCCOC(=O)C1=C(N)OC(C)=C(C#N)[C@@H]1c1ccc(CC)cc1. The summed E-state index contributed by atoms with van der Waals surface area (Å²) in [5.41, 5.74) is 8.41. The van der Waals surface area contributed by atoms with Gasteiger partial charge in [-0.3, -0.25) is 0 Å². The number of allylic oxidation sites excluding steroid dienone is 2. The molecule has 0 aromatic heterocycles. The van der Waals surface area contributed by atoms with E-state index in [0.717, 1.165) is 17.5 Å². The second-order valence-corrected chi connectivity index (χ2v) is 6.54. The minimum absolute atomic E-state index is 0.0441. The van der Waals surface area contributed by atoms with Crippen LogP contribution in [0.4, 0.5) is 0 Å². The van der Waals surface area contributed by atoms with Crippen molar-refractivity contribution in [3.05, 3.63) is 70.3 Å². The van der Waals surface area contributed by atoms with Crippen LogP contribution in [0.15, 0.2) is 59.2 Å². The Bertz CT molecular complexity index is 920. The molecule has 0 bridgehead atoms. The average molecular weight is 396 g/mol. The first kappa shape index (κ1) is 21.8. The van der Waals surface area contributed by atoms with Crippen LogP contribution in [0.1, 0.15) is 37.8 Å². The molecular formula is C22H24N2O5. The third-order valence-electron chi connectivity index (χ3n) is 4.44. The Labute approximate surface area is 170 Å². The zero-order chi connectivity index (χ0) is 21.6. The summed E-state index contributed by atoms with van der Waals surface area (Å²) in [5, 5.41) is 9.64. The van der Waals surface area contributed by atoms with Gasteiger partial charge in [0.25, 0.3) is 0 Å². The fourth-order valence-electron chi connectivity index (χ4n) is 2.88. The van der Waals surface area contributed by atoms with Gasteiger partial charge in [0.15, 0.2) is 0 Å². The molecule has 1 heterocycles. The molecule has 0 saturated heterocycles. The first-order valence-corrected chi connectivity index (χ1v) is 9.17. The smallest absolute Gasteiger partial charge is 0.340 e. The van der Waals surface area contributed by atoms with Crippen LogP contribution < -0.4 is 5.73 Å². The normalized spacial score (nSPS) is 16.0. The predicted molar refractivity (Wildman–Crippen MR) is 106 cm³/mol. The number of esters is 2. The van der Waals surface area contributed by atoms with E-state index >= 15 is 0 Å². The summed E-state index contributed by atoms with van der Waals surface area (Å²) in [4.78, 5) is 24.1. The van der Waals surface area contributed by atoms with Gasteiger partial charge in [-0.05, 0) is 31.4 Å². The number of benzene rings is 1. The Balaban J connectivity index is 2.25. The van der Waals surface area contributed by atoms with E-state index < -0.39 is 17.9 Å². The van der Waals surface area contributed by atoms with E-state index in [2.05, 4.69) is 12.6 Å². The third kappa shape index (κ3) is 5.05. The highest BCUT2D eigenvalue weighted by molar-refractivity contribution is 5.92. The maximum Gasteiger partial charge on any atom is 0.340 e. The molecule has 0 amide bonds. The summed E-state index contributed by atoms with van der Waals surface area (Å²) >= 11 is 0. The van der Waals surface area contributed by atoms with Crippen molar-refractivity contribution in [1.29, 1.82) is 5.26 Å². The Kier molecular flexibility index (Phi) is 7.21. The molecule has 1 aromatic carbocycles. The molecule has 29 heavy (non-hydrogen) atoms. The Morgan fingerprint density at radius 1 is 1.24 bits per heavy atom. The van der Waals surface area contributed by atoms with Crippen LogP contribution in [0.3, 0.4) is 0 Å². The number of hydrogen-bond donors (Lipinski definition) is 1. The molecule has 0 saturated carbocycles. The number of nitriles is 1. The lowest BCUT2D eigenvalue weighted by Gasteiger charge is -2.27. The molecule has 1 aromatic rings. The molecule has 2 rings (SSSR count). The molecular weight excluding hydrogens is 372 g/mol. The van der Waals surface area contributed by atoms with Gasteiger partial charge in [-0.1, -0.05) is 37.8 Å². The summed E-state index contributed by atoms with van der Waals surface area (Å²) in [7, 11) is 0. The zero-order valence-electron chi connectivity index (χ0n) is 16.8. The maximum absolute atomic E-state index is 12.7.